The third-order valence-corrected chi connectivity index (χ3v) is 3.62. The predicted molar refractivity (Wildman–Crippen MR) is 59.6 cm³/mol. The number of rotatable bonds is 4. The van der Waals surface area contributed by atoms with E-state index < -0.39 is 10.0 Å². The summed E-state index contributed by atoms with van der Waals surface area (Å²) in [6, 6.07) is 1.61. The fraction of sp³-hybridized carbons (Fsp3) is 0.375. The zero-order valence-corrected chi connectivity index (χ0v) is 10.1. The first-order valence-electron chi connectivity index (χ1n) is 4.15. The lowest BCUT2D eigenvalue weighted by molar-refractivity contribution is 0.600. The molecule has 0 saturated heterocycles. The van der Waals surface area contributed by atoms with Crippen LogP contribution in [0.3, 0.4) is 0 Å². The van der Waals surface area contributed by atoms with Crippen LogP contribution < -0.4 is 4.72 Å². The van der Waals surface area contributed by atoms with E-state index in [1.54, 1.807) is 12.3 Å². The highest BCUT2D eigenvalue weighted by Gasteiger charge is 2.10. The van der Waals surface area contributed by atoms with Crippen molar-refractivity contribution in [2.24, 2.45) is 0 Å². The Morgan fingerprint density at radius 1 is 1.57 bits per heavy atom. The first kappa shape index (κ1) is 11.5. The fourth-order valence-corrected chi connectivity index (χ4v) is 2.58. The maximum atomic E-state index is 11.4. The zero-order valence-electron chi connectivity index (χ0n) is 7.70. The second-order valence-corrected chi connectivity index (χ2v) is 5.47. The Labute approximate surface area is 91.9 Å². The number of sulfonamides is 1. The molecular formula is C8H11BrN2O2S. The molecule has 14 heavy (non-hydrogen) atoms. The van der Waals surface area contributed by atoms with Crippen LogP contribution in [0, 0.1) is 0 Å². The molecule has 4 nitrogen and oxygen atoms in total. The molecule has 6 heteroatoms. The van der Waals surface area contributed by atoms with Crippen molar-refractivity contribution in [1.29, 1.82) is 0 Å². The van der Waals surface area contributed by atoms with E-state index in [0.717, 1.165) is 0 Å². The van der Waals surface area contributed by atoms with Crippen LogP contribution in [0.1, 0.15) is 13.3 Å². The minimum absolute atomic E-state index is 0.127. The molecule has 78 valence electrons. The Morgan fingerprint density at radius 3 is 2.86 bits per heavy atom. The topological polar surface area (TPSA) is 59.1 Å². The average Bonchev–Trinajstić information content (AvgIpc) is 2.08. The lowest BCUT2D eigenvalue weighted by Gasteiger charge is -2.07. The molecule has 0 aliphatic heterocycles. The molecule has 1 aromatic rings. The Hall–Kier alpha value is -0.620. The van der Waals surface area contributed by atoms with E-state index in [2.05, 4.69) is 25.6 Å². The van der Waals surface area contributed by atoms with Crippen LogP contribution in [0.4, 0.5) is 5.69 Å². The number of pyridine rings is 1. The van der Waals surface area contributed by atoms with Crippen molar-refractivity contribution in [2.45, 2.75) is 13.3 Å². The SMILES string of the molecule is CCCS(=O)(=O)Nc1ccncc1Br. The molecule has 0 bridgehead atoms. The van der Waals surface area contributed by atoms with E-state index >= 15 is 0 Å². The van der Waals surface area contributed by atoms with Crippen molar-refractivity contribution < 1.29 is 8.42 Å². The standard InChI is InChI=1S/C8H11BrN2O2S/c1-2-5-14(12,13)11-8-3-4-10-6-7(8)9/h3-4,6H,2,5H2,1H3,(H,10,11). The van der Waals surface area contributed by atoms with Gasteiger partial charge >= 0.3 is 0 Å². The van der Waals surface area contributed by atoms with Crippen LogP contribution in [-0.2, 0) is 10.0 Å². The maximum Gasteiger partial charge on any atom is 0.232 e. The summed E-state index contributed by atoms with van der Waals surface area (Å²) in [5, 5.41) is 0. The lowest BCUT2D eigenvalue weighted by atomic mass is 10.4. The molecular weight excluding hydrogens is 268 g/mol. The van der Waals surface area contributed by atoms with Gasteiger partial charge in [-0.1, -0.05) is 6.92 Å². The summed E-state index contributed by atoms with van der Waals surface area (Å²) < 4.78 is 25.9. The molecule has 1 heterocycles. The molecule has 1 aromatic heterocycles. The summed E-state index contributed by atoms with van der Waals surface area (Å²) in [7, 11) is -3.21. The van der Waals surface area contributed by atoms with Crippen LogP contribution >= 0.6 is 15.9 Å². The summed E-state index contributed by atoms with van der Waals surface area (Å²) in [5.74, 6) is 0.127. The van der Waals surface area contributed by atoms with Gasteiger partial charge in [0.25, 0.3) is 0 Å². The lowest BCUT2D eigenvalue weighted by Crippen LogP contribution is -2.16. The van der Waals surface area contributed by atoms with E-state index in [1.807, 2.05) is 6.92 Å². The third kappa shape index (κ3) is 3.26. The molecule has 0 aliphatic carbocycles. The molecule has 0 atom stereocenters. The highest BCUT2D eigenvalue weighted by Crippen LogP contribution is 2.21. The number of hydrogen-bond donors (Lipinski definition) is 1. The smallest absolute Gasteiger partial charge is 0.232 e. The number of hydrogen-bond acceptors (Lipinski definition) is 3. The molecule has 0 aromatic carbocycles. The largest absolute Gasteiger partial charge is 0.282 e. The van der Waals surface area contributed by atoms with E-state index in [0.29, 0.717) is 16.6 Å². The normalized spacial score (nSPS) is 11.3. The van der Waals surface area contributed by atoms with E-state index in [9.17, 15) is 8.42 Å². The predicted octanol–water partition coefficient (Wildman–Crippen LogP) is 2.00. The molecule has 0 unspecified atom stereocenters. The molecule has 1 N–H and O–H groups in total. The third-order valence-electron chi connectivity index (χ3n) is 1.51. The summed E-state index contributed by atoms with van der Waals surface area (Å²) >= 11 is 3.21. The zero-order chi connectivity index (χ0) is 10.6. The minimum atomic E-state index is -3.21. The van der Waals surface area contributed by atoms with Gasteiger partial charge in [0.05, 0.1) is 15.9 Å². The van der Waals surface area contributed by atoms with Gasteiger partial charge < -0.3 is 0 Å². The van der Waals surface area contributed by atoms with Gasteiger partial charge in [0.2, 0.25) is 10.0 Å². The van der Waals surface area contributed by atoms with Crippen molar-refractivity contribution >= 4 is 31.6 Å². The van der Waals surface area contributed by atoms with Crippen molar-refractivity contribution in [1.82, 2.24) is 4.98 Å². The van der Waals surface area contributed by atoms with Crippen molar-refractivity contribution in [3.8, 4) is 0 Å². The monoisotopic (exact) mass is 278 g/mol. The molecule has 0 spiro atoms. The first-order valence-corrected chi connectivity index (χ1v) is 6.59. The van der Waals surface area contributed by atoms with Crippen LogP contribution in [0.5, 0.6) is 0 Å². The Bertz CT molecular complexity index is 406. The molecule has 0 radical (unpaired) electrons. The van der Waals surface area contributed by atoms with Gasteiger partial charge in [-0.2, -0.15) is 0 Å². The maximum absolute atomic E-state index is 11.4. The number of nitrogens with one attached hydrogen (secondary N) is 1. The summed E-state index contributed by atoms with van der Waals surface area (Å²) in [4.78, 5) is 3.84. The van der Waals surface area contributed by atoms with Crippen LogP contribution in [0.15, 0.2) is 22.9 Å². The second kappa shape index (κ2) is 4.75. The quantitative estimate of drug-likeness (QED) is 0.917. The van der Waals surface area contributed by atoms with Crippen molar-refractivity contribution in [2.75, 3.05) is 10.5 Å². The second-order valence-electron chi connectivity index (χ2n) is 2.78. The van der Waals surface area contributed by atoms with E-state index in [1.165, 1.54) is 6.20 Å². The molecule has 0 aliphatic rings. The molecule has 0 fully saturated rings. The highest BCUT2D eigenvalue weighted by atomic mass is 79.9. The number of nitrogens with zero attached hydrogens (tertiary/aromatic N) is 1. The van der Waals surface area contributed by atoms with Gasteiger partial charge in [0, 0.05) is 12.4 Å². The Balaban J connectivity index is 2.84. The highest BCUT2D eigenvalue weighted by molar-refractivity contribution is 9.10. The van der Waals surface area contributed by atoms with Gasteiger partial charge in [0.1, 0.15) is 0 Å². The fourth-order valence-electron chi connectivity index (χ4n) is 0.945. The summed E-state index contributed by atoms with van der Waals surface area (Å²) in [5.41, 5.74) is 0.522. The minimum Gasteiger partial charge on any atom is -0.282 e. The molecule has 0 amide bonds. The van der Waals surface area contributed by atoms with Crippen molar-refractivity contribution in [3.63, 3.8) is 0 Å². The number of aromatic nitrogens is 1. The van der Waals surface area contributed by atoms with Crippen LogP contribution in [-0.4, -0.2) is 19.2 Å². The van der Waals surface area contributed by atoms with Crippen LogP contribution in [0.25, 0.3) is 0 Å². The summed E-state index contributed by atoms with van der Waals surface area (Å²) in [6.45, 7) is 1.82. The van der Waals surface area contributed by atoms with E-state index in [4.69, 9.17) is 0 Å². The number of anilines is 1. The van der Waals surface area contributed by atoms with Gasteiger partial charge in [-0.3, -0.25) is 9.71 Å². The van der Waals surface area contributed by atoms with E-state index in [-0.39, 0.29) is 5.75 Å². The first-order chi connectivity index (χ1) is 6.55. The summed E-state index contributed by atoms with van der Waals surface area (Å²) in [6.07, 6.45) is 3.68. The Kier molecular flexibility index (Phi) is 3.88. The molecule has 0 saturated carbocycles. The van der Waals surface area contributed by atoms with Crippen LogP contribution in [0.2, 0.25) is 0 Å². The van der Waals surface area contributed by atoms with Gasteiger partial charge in [-0.15, -0.1) is 0 Å². The Morgan fingerprint density at radius 2 is 2.29 bits per heavy atom. The van der Waals surface area contributed by atoms with Gasteiger partial charge in [-0.05, 0) is 28.4 Å². The van der Waals surface area contributed by atoms with Crippen molar-refractivity contribution in [3.05, 3.63) is 22.9 Å². The molecule has 1 rings (SSSR count). The average molecular weight is 279 g/mol. The van der Waals surface area contributed by atoms with Gasteiger partial charge in [0.15, 0.2) is 0 Å². The number of halogens is 1. The van der Waals surface area contributed by atoms with Gasteiger partial charge in [-0.25, -0.2) is 8.42 Å².